The van der Waals surface area contributed by atoms with Crippen LogP contribution >= 0.6 is 27.5 Å². The van der Waals surface area contributed by atoms with Gasteiger partial charge >= 0.3 is 0 Å². The van der Waals surface area contributed by atoms with Gasteiger partial charge in [0, 0.05) is 12.6 Å². The molecule has 0 aliphatic heterocycles. The van der Waals surface area contributed by atoms with Crippen LogP contribution in [0.15, 0.2) is 16.6 Å². The minimum absolute atomic E-state index is 0.0122. The molecule has 0 aliphatic rings. The van der Waals surface area contributed by atoms with Crippen molar-refractivity contribution in [3.05, 3.63) is 27.4 Å². The maximum Gasteiger partial charge on any atom is 0.145 e. The zero-order chi connectivity index (χ0) is 13.7. The summed E-state index contributed by atoms with van der Waals surface area (Å²) in [5.74, 6) is 0.337. The monoisotopic (exact) mass is 337 g/mol. The van der Waals surface area contributed by atoms with Gasteiger partial charge in [-0.05, 0) is 34.5 Å². The molecule has 0 fully saturated rings. The van der Waals surface area contributed by atoms with E-state index in [0.717, 1.165) is 13.1 Å². The van der Waals surface area contributed by atoms with Crippen LogP contribution in [-0.4, -0.2) is 19.2 Å². The molecule has 18 heavy (non-hydrogen) atoms. The summed E-state index contributed by atoms with van der Waals surface area (Å²) in [6, 6.07) is 2.82. The highest BCUT2D eigenvalue weighted by Crippen LogP contribution is 2.31. The molecule has 0 saturated carbocycles. The first-order valence-electron chi connectivity index (χ1n) is 5.97. The summed E-state index contributed by atoms with van der Waals surface area (Å²) in [6.07, 6.45) is -0.0122. The molecule has 0 saturated heterocycles. The molecule has 1 atom stereocenters. The van der Waals surface area contributed by atoms with Crippen LogP contribution in [-0.2, 0) is 0 Å². The van der Waals surface area contributed by atoms with E-state index in [4.69, 9.17) is 16.3 Å². The van der Waals surface area contributed by atoms with E-state index in [1.165, 1.54) is 12.1 Å². The van der Waals surface area contributed by atoms with Crippen molar-refractivity contribution in [3.8, 4) is 5.75 Å². The molecule has 1 rings (SSSR count). The number of nitrogens with one attached hydrogen (secondary N) is 1. The van der Waals surface area contributed by atoms with Crippen molar-refractivity contribution >= 4 is 27.5 Å². The van der Waals surface area contributed by atoms with E-state index in [1.54, 1.807) is 0 Å². The Morgan fingerprint density at radius 1 is 1.44 bits per heavy atom. The SMILES string of the molecule is CCNCC(Oc1cc(F)c(Cl)cc1Br)C(C)C. The van der Waals surface area contributed by atoms with Crippen LogP contribution < -0.4 is 10.1 Å². The molecule has 0 spiro atoms. The summed E-state index contributed by atoms with van der Waals surface area (Å²) in [5, 5.41) is 3.32. The van der Waals surface area contributed by atoms with Gasteiger partial charge in [0.25, 0.3) is 0 Å². The van der Waals surface area contributed by atoms with Crippen molar-refractivity contribution < 1.29 is 9.13 Å². The van der Waals surface area contributed by atoms with Crippen LogP contribution in [0.1, 0.15) is 20.8 Å². The van der Waals surface area contributed by atoms with E-state index >= 15 is 0 Å². The fourth-order valence-corrected chi connectivity index (χ4v) is 2.19. The van der Waals surface area contributed by atoms with Crippen molar-refractivity contribution in [3.63, 3.8) is 0 Å². The molecule has 0 bridgehead atoms. The fraction of sp³-hybridized carbons (Fsp3) is 0.538. The van der Waals surface area contributed by atoms with Crippen LogP contribution in [0.4, 0.5) is 4.39 Å². The minimum atomic E-state index is -0.471. The Balaban J connectivity index is 2.83. The first-order valence-corrected chi connectivity index (χ1v) is 7.14. The summed E-state index contributed by atoms with van der Waals surface area (Å²) in [6.45, 7) is 7.78. The highest BCUT2D eigenvalue weighted by molar-refractivity contribution is 9.10. The molecule has 0 aromatic heterocycles. The van der Waals surface area contributed by atoms with Gasteiger partial charge in [-0.3, -0.25) is 0 Å². The Hall–Kier alpha value is -0.320. The second kappa shape index (κ2) is 7.31. The van der Waals surface area contributed by atoms with E-state index < -0.39 is 5.82 Å². The molecule has 0 heterocycles. The molecular formula is C13H18BrClFNO. The van der Waals surface area contributed by atoms with Gasteiger partial charge in [0.05, 0.1) is 9.50 Å². The predicted molar refractivity (Wildman–Crippen MR) is 76.9 cm³/mol. The predicted octanol–water partition coefficient (Wildman–Crippen LogP) is 4.25. The number of hydrogen-bond donors (Lipinski definition) is 1. The van der Waals surface area contributed by atoms with Gasteiger partial charge in [-0.2, -0.15) is 0 Å². The normalized spacial score (nSPS) is 12.8. The average Bonchev–Trinajstić information content (AvgIpc) is 2.30. The molecule has 5 heteroatoms. The number of ether oxygens (including phenoxy) is 1. The van der Waals surface area contributed by atoms with Crippen LogP contribution in [0.2, 0.25) is 5.02 Å². The zero-order valence-electron chi connectivity index (χ0n) is 10.8. The molecule has 1 unspecified atom stereocenters. The highest BCUT2D eigenvalue weighted by Gasteiger charge is 2.17. The fourth-order valence-electron chi connectivity index (χ4n) is 1.46. The Morgan fingerprint density at radius 2 is 2.11 bits per heavy atom. The van der Waals surface area contributed by atoms with E-state index in [-0.39, 0.29) is 11.1 Å². The average molecular weight is 339 g/mol. The Bertz CT molecular complexity index is 401. The molecule has 0 radical (unpaired) electrons. The van der Waals surface area contributed by atoms with E-state index in [9.17, 15) is 4.39 Å². The van der Waals surface area contributed by atoms with Gasteiger partial charge in [0.15, 0.2) is 0 Å². The molecule has 2 nitrogen and oxygen atoms in total. The number of rotatable bonds is 6. The number of hydrogen-bond acceptors (Lipinski definition) is 2. The lowest BCUT2D eigenvalue weighted by molar-refractivity contribution is 0.148. The van der Waals surface area contributed by atoms with E-state index in [0.29, 0.717) is 16.1 Å². The number of likely N-dealkylation sites (N-methyl/N-ethyl adjacent to an activating group) is 1. The van der Waals surface area contributed by atoms with Crippen molar-refractivity contribution in [2.45, 2.75) is 26.9 Å². The molecule has 1 N–H and O–H groups in total. The molecular weight excluding hydrogens is 321 g/mol. The summed E-state index contributed by atoms with van der Waals surface area (Å²) in [7, 11) is 0. The smallest absolute Gasteiger partial charge is 0.145 e. The Labute approximate surface area is 121 Å². The zero-order valence-corrected chi connectivity index (χ0v) is 13.1. The summed E-state index contributed by atoms with van der Waals surface area (Å²) in [5.41, 5.74) is 0. The van der Waals surface area contributed by atoms with Gasteiger partial charge in [-0.1, -0.05) is 32.4 Å². The molecule has 0 amide bonds. The maximum atomic E-state index is 13.4. The number of benzene rings is 1. The summed E-state index contributed by atoms with van der Waals surface area (Å²) >= 11 is 9.03. The topological polar surface area (TPSA) is 21.3 Å². The van der Waals surface area contributed by atoms with Crippen LogP contribution in [0.3, 0.4) is 0 Å². The third-order valence-electron chi connectivity index (χ3n) is 2.59. The Kier molecular flexibility index (Phi) is 6.39. The van der Waals surface area contributed by atoms with Crippen molar-refractivity contribution in [2.24, 2.45) is 5.92 Å². The van der Waals surface area contributed by atoms with E-state index in [1.807, 2.05) is 6.92 Å². The first kappa shape index (κ1) is 15.7. The highest BCUT2D eigenvalue weighted by atomic mass is 79.9. The van der Waals surface area contributed by atoms with Crippen molar-refractivity contribution in [1.29, 1.82) is 0 Å². The van der Waals surface area contributed by atoms with E-state index in [2.05, 4.69) is 35.1 Å². The molecule has 1 aromatic carbocycles. The minimum Gasteiger partial charge on any atom is -0.488 e. The third-order valence-corrected chi connectivity index (χ3v) is 3.50. The van der Waals surface area contributed by atoms with Crippen LogP contribution in [0.25, 0.3) is 0 Å². The maximum absolute atomic E-state index is 13.4. The van der Waals surface area contributed by atoms with Gasteiger partial charge in [-0.15, -0.1) is 0 Å². The quantitative estimate of drug-likeness (QED) is 0.783. The largest absolute Gasteiger partial charge is 0.488 e. The van der Waals surface area contributed by atoms with Gasteiger partial charge in [0.2, 0.25) is 0 Å². The number of halogens is 3. The van der Waals surface area contributed by atoms with Crippen LogP contribution in [0.5, 0.6) is 5.75 Å². The van der Waals surface area contributed by atoms with Crippen molar-refractivity contribution in [2.75, 3.05) is 13.1 Å². The lowest BCUT2D eigenvalue weighted by atomic mass is 10.1. The van der Waals surface area contributed by atoms with Gasteiger partial charge in [0.1, 0.15) is 17.7 Å². The first-order chi connectivity index (χ1) is 8.45. The third kappa shape index (κ3) is 4.41. The second-order valence-electron chi connectivity index (χ2n) is 4.40. The van der Waals surface area contributed by atoms with Crippen molar-refractivity contribution in [1.82, 2.24) is 5.32 Å². The molecule has 102 valence electrons. The van der Waals surface area contributed by atoms with Gasteiger partial charge in [-0.25, -0.2) is 4.39 Å². The second-order valence-corrected chi connectivity index (χ2v) is 5.67. The lowest BCUT2D eigenvalue weighted by Crippen LogP contribution is -2.35. The lowest BCUT2D eigenvalue weighted by Gasteiger charge is -2.23. The molecule has 1 aromatic rings. The summed E-state index contributed by atoms with van der Waals surface area (Å²) < 4.78 is 19.9. The van der Waals surface area contributed by atoms with Gasteiger partial charge < -0.3 is 10.1 Å². The molecule has 0 aliphatic carbocycles. The standard InChI is InChI=1S/C13H18BrClFNO/c1-4-17-7-13(8(2)3)18-12-6-11(16)10(15)5-9(12)14/h5-6,8,13,17H,4,7H2,1-3H3. The summed E-state index contributed by atoms with van der Waals surface area (Å²) in [4.78, 5) is 0. The van der Waals surface area contributed by atoms with Crippen LogP contribution in [0, 0.1) is 11.7 Å². The Morgan fingerprint density at radius 3 is 2.67 bits per heavy atom.